The van der Waals surface area contributed by atoms with Gasteiger partial charge in [-0.2, -0.15) is 0 Å². The SMILES string of the molecule is CCCNCc1ccc(OCCS(=O)(=O)C(C)C)c(F)c1. The van der Waals surface area contributed by atoms with Crippen LogP contribution in [0.4, 0.5) is 4.39 Å². The quantitative estimate of drug-likeness (QED) is 0.711. The van der Waals surface area contributed by atoms with Gasteiger partial charge in [-0.05, 0) is 44.5 Å². The van der Waals surface area contributed by atoms with Crippen molar-refractivity contribution in [3.8, 4) is 5.75 Å². The van der Waals surface area contributed by atoms with Crippen LogP contribution >= 0.6 is 0 Å². The zero-order valence-corrected chi connectivity index (χ0v) is 13.7. The molecule has 0 saturated heterocycles. The molecular formula is C15H24FNO3S. The molecule has 0 amide bonds. The maximum absolute atomic E-state index is 13.8. The van der Waals surface area contributed by atoms with Crippen LogP contribution in [0, 0.1) is 5.82 Å². The minimum atomic E-state index is -3.16. The van der Waals surface area contributed by atoms with E-state index in [0.29, 0.717) is 6.54 Å². The van der Waals surface area contributed by atoms with E-state index in [1.165, 1.54) is 6.07 Å². The summed E-state index contributed by atoms with van der Waals surface area (Å²) in [6.45, 7) is 6.75. The Hall–Kier alpha value is -1.14. The maximum atomic E-state index is 13.8. The van der Waals surface area contributed by atoms with E-state index >= 15 is 0 Å². The number of halogens is 1. The van der Waals surface area contributed by atoms with Gasteiger partial charge >= 0.3 is 0 Å². The van der Waals surface area contributed by atoms with E-state index in [0.717, 1.165) is 18.5 Å². The van der Waals surface area contributed by atoms with Gasteiger partial charge in [0, 0.05) is 6.54 Å². The Balaban J connectivity index is 2.53. The molecule has 1 N–H and O–H groups in total. The fourth-order valence-corrected chi connectivity index (χ4v) is 2.47. The molecule has 0 aliphatic heterocycles. The highest BCUT2D eigenvalue weighted by Gasteiger charge is 2.16. The Morgan fingerprint density at radius 2 is 2.05 bits per heavy atom. The molecule has 120 valence electrons. The van der Waals surface area contributed by atoms with Crippen molar-refractivity contribution in [3.63, 3.8) is 0 Å². The standard InChI is InChI=1S/C15H24FNO3S/c1-4-7-17-11-13-5-6-15(14(16)10-13)20-8-9-21(18,19)12(2)3/h5-6,10,12,17H,4,7-9,11H2,1-3H3. The second kappa shape index (κ2) is 8.34. The summed E-state index contributed by atoms with van der Waals surface area (Å²) in [6, 6.07) is 4.73. The maximum Gasteiger partial charge on any atom is 0.165 e. The van der Waals surface area contributed by atoms with Crippen molar-refractivity contribution in [2.45, 2.75) is 39.0 Å². The molecule has 0 unspecified atom stereocenters. The first-order valence-corrected chi connectivity index (χ1v) is 8.92. The highest BCUT2D eigenvalue weighted by Crippen LogP contribution is 2.18. The molecule has 0 radical (unpaired) electrons. The first kappa shape index (κ1) is 17.9. The zero-order valence-electron chi connectivity index (χ0n) is 12.9. The Morgan fingerprint density at radius 1 is 1.33 bits per heavy atom. The van der Waals surface area contributed by atoms with E-state index in [4.69, 9.17) is 4.74 Å². The van der Waals surface area contributed by atoms with Crippen LogP contribution in [0.5, 0.6) is 5.75 Å². The first-order valence-electron chi connectivity index (χ1n) is 7.20. The molecule has 1 aromatic carbocycles. The number of hydrogen-bond donors (Lipinski definition) is 1. The molecule has 0 heterocycles. The molecule has 0 fully saturated rings. The van der Waals surface area contributed by atoms with Gasteiger partial charge in [0.2, 0.25) is 0 Å². The van der Waals surface area contributed by atoms with Crippen LogP contribution in [0.3, 0.4) is 0 Å². The summed E-state index contributed by atoms with van der Waals surface area (Å²) < 4.78 is 42.3. The van der Waals surface area contributed by atoms with E-state index < -0.39 is 20.9 Å². The highest BCUT2D eigenvalue weighted by atomic mass is 32.2. The Labute approximate surface area is 126 Å². The molecule has 0 spiro atoms. The summed E-state index contributed by atoms with van der Waals surface area (Å²) in [5.41, 5.74) is 0.836. The summed E-state index contributed by atoms with van der Waals surface area (Å²) in [7, 11) is -3.16. The van der Waals surface area contributed by atoms with Gasteiger partial charge in [-0.15, -0.1) is 0 Å². The minimum absolute atomic E-state index is 0.0368. The molecule has 0 aliphatic rings. The van der Waals surface area contributed by atoms with Crippen molar-refractivity contribution < 1.29 is 17.5 Å². The number of ether oxygens (including phenoxy) is 1. The predicted molar refractivity (Wildman–Crippen MR) is 82.8 cm³/mol. The smallest absolute Gasteiger partial charge is 0.165 e. The molecule has 1 rings (SSSR count). The lowest BCUT2D eigenvalue weighted by Gasteiger charge is -2.11. The minimum Gasteiger partial charge on any atom is -0.489 e. The lowest BCUT2D eigenvalue weighted by molar-refractivity contribution is 0.321. The van der Waals surface area contributed by atoms with Crippen LogP contribution in [0.15, 0.2) is 18.2 Å². The van der Waals surface area contributed by atoms with Gasteiger partial charge in [-0.1, -0.05) is 13.0 Å². The van der Waals surface area contributed by atoms with Gasteiger partial charge in [0.1, 0.15) is 6.61 Å². The van der Waals surface area contributed by atoms with Crippen molar-refractivity contribution in [1.82, 2.24) is 5.32 Å². The first-order chi connectivity index (χ1) is 9.86. The van der Waals surface area contributed by atoms with E-state index in [-0.39, 0.29) is 18.1 Å². The fraction of sp³-hybridized carbons (Fsp3) is 0.600. The van der Waals surface area contributed by atoms with Gasteiger partial charge in [0.05, 0.1) is 11.0 Å². The summed E-state index contributed by atoms with van der Waals surface area (Å²) >= 11 is 0. The summed E-state index contributed by atoms with van der Waals surface area (Å²) in [4.78, 5) is 0. The Kier molecular flexibility index (Phi) is 7.11. The lowest BCUT2D eigenvalue weighted by atomic mass is 10.2. The van der Waals surface area contributed by atoms with E-state index in [2.05, 4.69) is 12.2 Å². The van der Waals surface area contributed by atoms with E-state index in [1.54, 1.807) is 26.0 Å². The number of hydrogen-bond acceptors (Lipinski definition) is 4. The molecule has 6 heteroatoms. The van der Waals surface area contributed by atoms with E-state index in [9.17, 15) is 12.8 Å². The zero-order chi connectivity index (χ0) is 15.9. The van der Waals surface area contributed by atoms with Crippen LogP contribution in [-0.4, -0.2) is 32.6 Å². The lowest BCUT2D eigenvalue weighted by Crippen LogP contribution is -2.22. The largest absolute Gasteiger partial charge is 0.489 e. The van der Waals surface area contributed by atoms with Gasteiger partial charge in [-0.3, -0.25) is 0 Å². The molecule has 0 aliphatic carbocycles. The Morgan fingerprint density at radius 3 is 2.62 bits per heavy atom. The van der Waals surface area contributed by atoms with Crippen LogP contribution in [0.1, 0.15) is 32.8 Å². The second-order valence-corrected chi connectivity index (χ2v) is 7.88. The van der Waals surface area contributed by atoms with Crippen molar-refractivity contribution >= 4 is 9.84 Å². The number of benzene rings is 1. The predicted octanol–water partition coefficient (Wildman–Crippen LogP) is 2.53. The summed E-state index contributed by atoms with van der Waals surface area (Å²) in [5, 5.41) is 2.74. The van der Waals surface area contributed by atoms with Crippen LogP contribution < -0.4 is 10.1 Å². The third kappa shape index (κ3) is 6.01. The molecule has 0 saturated carbocycles. The average molecular weight is 317 g/mol. The van der Waals surface area contributed by atoms with Crippen molar-refractivity contribution in [1.29, 1.82) is 0 Å². The van der Waals surface area contributed by atoms with Gasteiger partial charge in [0.25, 0.3) is 0 Å². The molecule has 21 heavy (non-hydrogen) atoms. The van der Waals surface area contributed by atoms with Gasteiger partial charge in [-0.25, -0.2) is 12.8 Å². The van der Waals surface area contributed by atoms with Gasteiger partial charge < -0.3 is 10.1 Å². The van der Waals surface area contributed by atoms with Gasteiger partial charge in [0.15, 0.2) is 21.4 Å². The number of nitrogens with one attached hydrogen (secondary N) is 1. The molecule has 0 bridgehead atoms. The number of sulfone groups is 1. The molecule has 4 nitrogen and oxygen atoms in total. The third-order valence-corrected chi connectivity index (χ3v) is 5.27. The van der Waals surface area contributed by atoms with Crippen LogP contribution in [0.25, 0.3) is 0 Å². The van der Waals surface area contributed by atoms with Crippen molar-refractivity contribution in [2.75, 3.05) is 18.9 Å². The second-order valence-electron chi connectivity index (χ2n) is 5.21. The molecule has 1 aromatic rings. The molecule has 0 atom stereocenters. The van der Waals surface area contributed by atoms with Crippen LogP contribution in [0.2, 0.25) is 0 Å². The normalized spacial score (nSPS) is 11.9. The third-order valence-electron chi connectivity index (χ3n) is 3.10. The topological polar surface area (TPSA) is 55.4 Å². The van der Waals surface area contributed by atoms with Crippen molar-refractivity contribution in [3.05, 3.63) is 29.6 Å². The average Bonchev–Trinajstić information content (AvgIpc) is 2.41. The monoisotopic (exact) mass is 317 g/mol. The molecular weight excluding hydrogens is 293 g/mol. The highest BCUT2D eigenvalue weighted by molar-refractivity contribution is 7.91. The van der Waals surface area contributed by atoms with Crippen LogP contribution in [-0.2, 0) is 16.4 Å². The summed E-state index contributed by atoms with van der Waals surface area (Å²) in [5.74, 6) is -0.481. The van der Waals surface area contributed by atoms with E-state index in [1.807, 2.05) is 0 Å². The summed E-state index contributed by atoms with van der Waals surface area (Å²) in [6.07, 6.45) is 1.02. The molecule has 0 aromatic heterocycles. The fourth-order valence-electron chi connectivity index (χ4n) is 1.68. The Bertz CT molecular complexity index is 544. The number of rotatable bonds is 9. The van der Waals surface area contributed by atoms with Crippen molar-refractivity contribution in [2.24, 2.45) is 0 Å².